The maximum Gasteiger partial charge on any atom is 0.0781 e. The van der Waals surface area contributed by atoms with Gasteiger partial charge in [0.15, 0.2) is 0 Å². The average molecular weight is 361 g/mol. The highest BCUT2D eigenvalue weighted by atomic mass is 16.5. The second-order valence-electron chi connectivity index (χ2n) is 4.70. The van der Waals surface area contributed by atoms with Crippen molar-refractivity contribution in [1.82, 2.24) is 0 Å². The fourth-order valence-corrected chi connectivity index (χ4v) is 1.26. The molecule has 0 aromatic heterocycles. The lowest BCUT2D eigenvalue weighted by Crippen LogP contribution is -2.21. The van der Waals surface area contributed by atoms with Crippen LogP contribution in [-0.4, -0.2) is 61.6 Å². The lowest BCUT2D eigenvalue weighted by atomic mass is 10.3. The lowest BCUT2D eigenvalue weighted by Gasteiger charge is -2.14. The van der Waals surface area contributed by atoms with Crippen molar-refractivity contribution in [2.45, 2.75) is 96.5 Å². The van der Waals surface area contributed by atoms with E-state index in [0.29, 0.717) is 33.0 Å². The van der Waals surface area contributed by atoms with Gasteiger partial charge in [-0.2, -0.15) is 0 Å². The molecule has 0 radical (unpaired) electrons. The van der Waals surface area contributed by atoms with Crippen LogP contribution in [0.5, 0.6) is 0 Å². The molecule has 5 heteroatoms. The summed E-state index contributed by atoms with van der Waals surface area (Å²) in [5.41, 5.74) is 0. The van der Waals surface area contributed by atoms with E-state index in [-0.39, 0.29) is 50.7 Å². The molecular weight excluding hydrogens is 308 g/mol. The fourth-order valence-electron chi connectivity index (χ4n) is 1.26. The van der Waals surface area contributed by atoms with Crippen molar-refractivity contribution in [1.29, 1.82) is 0 Å². The molecule has 0 saturated heterocycles. The third-order valence-electron chi connectivity index (χ3n) is 2.16. The summed E-state index contributed by atoms with van der Waals surface area (Å²) in [5, 5.41) is 18.0. The molecule has 0 aliphatic carbocycles. The second kappa shape index (κ2) is 30.7. The highest BCUT2D eigenvalue weighted by Gasteiger charge is 2.04. The van der Waals surface area contributed by atoms with Crippen LogP contribution in [-0.2, 0) is 14.2 Å². The Balaban J connectivity index is -0.0000000963. The van der Waals surface area contributed by atoms with Crippen LogP contribution in [0.15, 0.2) is 0 Å². The maximum absolute atomic E-state index is 9.03. The molecule has 0 aromatic rings. The third-order valence-corrected chi connectivity index (χ3v) is 2.16. The summed E-state index contributed by atoms with van der Waals surface area (Å²) in [7, 11) is 0. The fraction of sp³-hybridized carbons (Fsp3) is 1.00. The molecule has 3 atom stereocenters. The van der Waals surface area contributed by atoms with Gasteiger partial charge in [-0.05, 0) is 33.6 Å². The first-order valence-corrected chi connectivity index (χ1v) is 6.65. The van der Waals surface area contributed by atoms with Crippen LogP contribution in [0.2, 0.25) is 0 Å². The Morgan fingerprint density at radius 2 is 1.00 bits per heavy atom. The van der Waals surface area contributed by atoms with Crippen molar-refractivity contribution in [3.63, 3.8) is 0 Å². The zero-order valence-corrected chi connectivity index (χ0v) is 11.8. The Bertz CT molecular complexity index is 175. The first-order chi connectivity index (χ1) is 8.52. The Morgan fingerprint density at radius 3 is 1.38 bits per heavy atom. The van der Waals surface area contributed by atoms with E-state index in [4.69, 9.17) is 24.4 Å². The third kappa shape index (κ3) is 37.8. The molecule has 0 aliphatic rings. The van der Waals surface area contributed by atoms with E-state index < -0.39 is 12.2 Å². The smallest absolute Gasteiger partial charge is 0.0781 e. The molecule has 24 heavy (non-hydrogen) atoms. The van der Waals surface area contributed by atoms with Crippen molar-refractivity contribution < 1.29 is 24.4 Å². The number of aliphatic hydroxyl groups excluding tert-OH is 2. The van der Waals surface area contributed by atoms with Gasteiger partial charge in [-0.1, -0.05) is 44.6 Å². The SMILES string of the molecule is C.C.C.C.C.C.CC(O)COCCCCOCC(C)OCC(C)O. The first kappa shape index (κ1) is 43.8. The van der Waals surface area contributed by atoms with Crippen LogP contribution in [0, 0.1) is 0 Å². The Labute approximate surface area is 154 Å². The summed E-state index contributed by atoms with van der Waals surface area (Å²) >= 11 is 0. The minimum absolute atomic E-state index is 0. The van der Waals surface area contributed by atoms with Gasteiger partial charge >= 0.3 is 0 Å². The molecule has 0 aliphatic heterocycles. The summed E-state index contributed by atoms with van der Waals surface area (Å²) in [4.78, 5) is 0. The zero-order chi connectivity index (χ0) is 13.8. The summed E-state index contributed by atoms with van der Waals surface area (Å²) < 4.78 is 16.0. The van der Waals surface area contributed by atoms with E-state index in [9.17, 15) is 0 Å². The largest absolute Gasteiger partial charge is 0.391 e. The minimum Gasteiger partial charge on any atom is -0.391 e. The number of rotatable bonds is 12. The van der Waals surface area contributed by atoms with Gasteiger partial charge in [-0.25, -0.2) is 0 Å². The number of unbranched alkanes of at least 4 members (excludes halogenated alkanes) is 1. The molecule has 0 heterocycles. The monoisotopic (exact) mass is 360 g/mol. The van der Waals surface area contributed by atoms with Crippen molar-refractivity contribution in [2.75, 3.05) is 33.0 Å². The van der Waals surface area contributed by atoms with Gasteiger partial charge in [-0.3, -0.25) is 0 Å². The molecule has 0 bridgehead atoms. The molecule has 3 unspecified atom stereocenters. The standard InChI is InChI=1S/C13H28O5.6CH4/c1-11(14)8-16-6-4-5-7-17-10-13(3)18-9-12(2)15;;;;;;/h11-15H,4-10H2,1-3H3;6*1H4. The van der Waals surface area contributed by atoms with Crippen molar-refractivity contribution >= 4 is 0 Å². The van der Waals surface area contributed by atoms with Gasteiger partial charge in [0, 0.05) is 13.2 Å². The molecule has 0 rings (SSSR count). The first-order valence-electron chi connectivity index (χ1n) is 6.65. The summed E-state index contributed by atoms with van der Waals surface area (Å²) in [6.07, 6.45) is 1.04. The summed E-state index contributed by atoms with van der Waals surface area (Å²) in [6, 6.07) is 0. The molecule has 2 N–H and O–H groups in total. The quantitative estimate of drug-likeness (QED) is 0.490. The van der Waals surface area contributed by atoms with E-state index >= 15 is 0 Å². The summed E-state index contributed by atoms with van der Waals surface area (Å²) in [5.74, 6) is 0. The Morgan fingerprint density at radius 1 is 0.625 bits per heavy atom. The van der Waals surface area contributed by atoms with E-state index in [1.54, 1.807) is 13.8 Å². The molecule has 0 amide bonds. The lowest BCUT2D eigenvalue weighted by molar-refractivity contribution is -0.0376. The van der Waals surface area contributed by atoms with Gasteiger partial charge in [-0.15, -0.1) is 0 Å². The summed E-state index contributed by atoms with van der Waals surface area (Å²) in [6.45, 7) is 7.94. The van der Waals surface area contributed by atoms with Gasteiger partial charge in [0.25, 0.3) is 0 Å². The maximum atomic E-state index is 9.03. The highest BCUT2D eigenvalue weighted by Crippen LogP contribution is 1.97. The number of aliphatic hydroxyl groups is 2. The topological polar surface area (TPSA) is 68.2 Å². The van der Waals surface area contributed by atoms with E-state index in [1.807, 2.05) is 6.92 Å². The Kier molecular flexibility index (Phi) is 56.0. The van der Waals surface area contributed by atoms with Crippen LogP contribution in [0.1, 0.15) is 78.2 Å². The molecule has 0 fully saturated rings. The van der Waals surface area contributed by atoms with Crippen LogP contribution in [0.3, 0.4) is 0 Å². The van der Waals surface area contributed by atoms with Crippen LogP contribution >= 0.6 is 0 Å². The van der Waals surface area contributed by atoms with E-state index in [0.717, 1.165) is 12.8 Å². The molecule has 0 saturated carbocycles. The van der Waals surface area contributed by atoms with Crippen LogP contribution in [0.25, 0.3) is 0 Å². The number of hydrogen-bond acceptors (Lipinski definition) is 5. The molecular formula is C19H52O5. The van der Waals surface area contributed by atoms with E-state index in [1.165, 1.54) is 0 Å². The molecule has 158 valence electrons. The van der Waals surface area contributed by atoms with Gasteiger partial charge < -0.3 is 24.4 Å². The molecule has 5 nitrogen and oxygen atoms in total. The van der Waals surface area contributed by atoms with Crippen molar-refractivity contribution in [3.05, 3.63) is 0 Å². The highest BCUT2D eigenvalue weighted by molar-refractivity contribution is 4.50. The van der Waals surface area contributed by atoms with Gasteiger partial charge in [0.2, 0.25) is 0 Å². The minimum atomic E-state index is -0.432. The predicted octanol–water partition coefficient (Wildman–Crippen LogP) is 4.78. The van der Waals surface area contributed by atoms with Gasteiger partial charge in [0.1, 0.15) is 0 Å². The molecule has 0 spiro atoms. The predicted molar refractivity (Wildman–Crippen MR) is 110 cm³/mol. The van der Waals surface area contributed by atoms with Gasteiger partial charge in [0.05, 0.1) is 38.1 Å². The van der Waals surface area contributed by atoms with E-state index in [2.05, 4.69) is 0 Å². The van der Waals surface area contributed by atoms with Crippen LogP contribution in [0.4, 0.5) is 0 Å². The van der Waals surface area contributed by atoms with Crippen LogP contribution < -0.4 is 0 Å². The van der Waals surface area contributed by atoms with Crippen molar-refractivity contribution in [3.8, 4) is 0 Å². The normalized spacial score (nSPS) is 12.4. The Hall–Kier alpha value is -0.200. The average Bonchev–Trinajstić information content (AvgIpc) is 2.29. The van der Waals surface area contributed by atoms with Crippen molar-refractivity contribution in [2.24, 2.45) is 0 Å². The number of ether oxygens (including phenoxy) is 3. The molecule has 0 aromatic carbocycles. The number of hydrogen-bond donors (Lipinski definition) is 2. The second-order valence-corrected chi connectivity index (χ2v) is 4.70. The zero-order valence-electron chi connectivity index (χ0n) is 11.8.